The standard InChI is InChI=1S/C32H29NP2S2/c1-27(28-17-7-2-8-18-28)33(34(36,29-19-9-3-10-20-29)30-21-11-4-12-22-30)35(37,31-23-13-5-14-24-31)32-25-15-6-16-26-32/h2-27H,1H3/t27-/m0/s1. The molecule has 0 aliphatic rings. The normalized spacial score (nSPS) is 12.8. The molecule has 5 heteroatoms. The maximum atomic E-state index is 6.98. The van der Waals surface area contributed by atoms with E-state index in [0.29, 0.717) is 0 Å². The molecule has 0 bridgehead atoms. The van der Waals surface area contributed by atoms with Gasteiger partial charge in [0.25, 0.3) is 0 Å². The first-order chi connectivity index (χ1) is 18.1. The molecule has 0 aromatic heterocycles. The SMILES string of the molecule is C[C@@H](c1ccccc1)N(P(=S)(c1ccccc1)c1ccccc1)P(=S)(c1ccccc1)c1ccccc1. The molecule has 37 heavy (non-hydrogen) atoms. The van der Waals surface area contributed by atoms with Crippen molar-refractivity contribution in [1.29, 1.82) is 0 Å². The predicted molar refractivity (Wildman–Crippen MR) is 170 cm³/mol. The van der Waals surface area contributed by atoms with Gasteiger partial charge in [0.15, 0.2) is 0 Å². The van der Waals surface area contributed by atoms with Gasteiger partial charge in [0.2, 0.25) is 0 Å². The Kier molecular flexibility index (Phi) is 8.01. The number of benzene rings is 5. The summed E-state index contributed by atoms with van der Waals surface area (Å²) in [5, 5.41) is 4.61. The minimum atomic E-state index is -2.60. The highest BCUT2D eigenvalue weighted by atomic mass is 32.5. The molecule has 5 rings (SSSR count). The molecule has 0 radical (unpaired) electrons. The molecule has 184 valence electrons. The molecule has 0 aliphatic carbocycles. The van der Waals surface area contributed by atoms with Crippen molar-refractivity contribution in [3.05, 3.63) is 157 Å². The molecule has 0 fully saturated rings. The van der Waals surface area contributed by atoms with Gasteiger partial charge in [0.05, 0.1) is 12.4 Å². The molecule has 0 saturated heterocycles. The van der Waals surface area contributed by atoms with Crippen molar-refractivity contribution in [2.45, 2.75) is 13.0 Å². The van der Waals surface area contributed by atoms with Crippen LogP contribution in [0.4, 0.5) is 0 Å². The van der Waals surface area contributed by atoms with Crippen LogP contribution < -0.4 is 21.2 Å². The molecule has 0 unspecified atom stereocenters. The van der Waals surface area contributed by atoms with Crippen molar-refractivity contribution in [3.8, 4) is 0 Å². The maximum absolute atomic E-state index is 6.98. The molecular weight excluding hydrogens is 524 g/mol. The van der Waals surface area contributed by atoms with Crippen molar-refractivity contribution in [3.63, 3.8) is 0 Å². The lowest BCUT2D eigenvalue weighted by Gasteiger charge is -2.47. The fourth-order valence-electron chi connectivity index (χ4n) is 4.82. The van der Waals surface area contributed by atoms with Gasteiger partial charge in [-0.1, -0.05) is 175 Å². The summed E-state index contributed by atoms with van der Waals surface area (Å²) >= 11 is 14.0. The van der Waals surface area contributed by atoms with E-state index in [2.05, 4.69) is 163 Å². The first kappa shape index (κ1) is 26.0. The van der Waals surface area contributed by atoms with Gasteiger partial charge in [-0.2, -0.15) is 0 Å². The minimum Gasteiger partial charge on any atom is -0.224 e. The average Bonchev–Trinajstić information content (AvgIpc) is 2.99. The second kappa shape index (κ2) is 11.4. The Morgan fingerprint density at radius 3 is 0.946 bits per heavy atom. The summed E-state index contributed by atoms with van der Waals surface area (Å²) in [4.78, 5) is 0. The smallest absolute Gasteiger partial charge is 0.0759 e. The van der Waals surface area contributed by atoms with Gasteiger partial charge >= 0.3 is 0 Å². The average molecular weight is 554 g/mol. The van der Waals surface area contributed by atoms with Crippen molar-refractivity contribution in [2.24, 2.45) is 0 Å². The van der Waals surface area contributed by atoms with E-state index in [1.54, 1.807) is 0 Å². The zero-order chi connectivity index (χ0) is 25.7. The van der Waals surface area contributed by atoms with Crippen LogP contribution in [-0.2, 0) is 23.6 Å². The van der Waals surface area contributed by atoms with E-state index in [1.807, 2.05) is 0 Å². The van der Waals surface area contributed by atoms with Gasteiger partial charge in [-0.25, -0.2) is 4.44 Å². The molecule has 0 saturated carbocycles. The van der Waals surface area contributed by atoms with Crippen molar-refractivity contribution in [1.82, 2.24) is 4.44 Å². The highest BCUT2D eigenvalue weighted by Crippen LogP contribution is 2.68. The highest BCUT2D eigenvalue weighted by Gasteiger charge is 2.44. The lowest BCUT2D eigenvalue weighted by molar-refractivity contribution is 0.564. The van der Waals surface area contributed by atoms with E-state index < -0.39 is 12.4 Å². The lowest BCUT2D eigenvalue weighted by atomic mass is 10.1. The summed E-state index contributed by atoms with van der Waals surface area (Å²) in [6, 6.07) is 53.2. The fraction of sp³-hybridized carbons (Fsp3) is 0.0625. The Hall–Kier alpha value is -2.64. The van der Waals surface area contributed by atoms with Crippen LogP contribution in [0, 0.1) is 0 Å². The number of hydrogen-bond donors (Lipinski definition) is 0. The fourth-order valence-corrected chi connectivity index (χ4v) is 17.3. The number of hydrogen-bond acceptors (Lipinski definition) is 2. The first-order valence-corrected chi connectivity index (χ1v) is 17.8. The Bertz CT molecular complexity index is 1340. The van der Waals surface area contributed by atoms with Gasteiger partial charge < -0.3 is 0 Å². The molecule has 0 N–H and O–H groups in total. The van der Waals surface area contributed by atoms with E-state index in [9.17, 15) is 0 Å². The minimum absolute atomic E-state index is 0.0151. The van der Waals surface area contributed by atoms with Crippen LogP contribution in [0.1, 0.15) is 18.5 Å². The Balaban J connectivity index is 1.90. The van der Waals surface area contributed by atoms with Gasteiger partial charge in [0, 0.05) is 27.3 Å². The number of nitrogens with zero attached hydrogens (tertiary/aromatic N) is 1. The Labute approximate surface area is 231 Å². The van der Waals surface area contributed by atoms with Crippen LogP contribution in [0.15, 0.2) is 152 Å². The lowest BCUT2D eigenvalue weighted by Crippen LogP contribution is -2.38. The molecule has 1 nitrogen and oxygen atoms in total. The van der Waals surface area contributed by atoms with Gasteiger partial charge in [-0.3, -0.25) is 0 Å². The molecule has 5 aromatic rings. The Morgan fingerprint density at radius 1 is 0.432 bits per heavy atom. The van der Waals surface area contributed by atoms with Crippen LogP contribution in [0.25, 0.3) is 0 Å². The van der Waals surface area contributed by atoms with E-state index >= 15 is 0 Å². The van der Waals surface area contributed by atoms with Crippen LogP contribution in [-0.4, -0.2) is 4.44 Å². The molecular formula is C32H29NP2S2. The zero-order valence-electron chi connectivity index (χ0n) is 20.7. The third-order valence-electron chi connectivity index (χ3n) is 6.63. The summed E-state index contributed by atoms with van der Waals surface area (Å²) in [6.45, 7) is 2.27. The van der Waals surface area contributed by atoms with Gasteiger partial charge in [-0.05, 0) is 12.5 Å². The van der Waals surface area contributed by atoms with Crippen molar-refractivity contribution < 1.29 is 0 Å². The van der Waals surface area contributed by atoms with Crippen LogP contribution in [0.5, 0.6) is 0 Å². The Morgan fingerprint density at radius 2 is 0.676 bits per heavy atom. The monoisotopic (exact) mass is 553 g/mol. The van der Waals surface area contributed by atoms with Crippen LogP contribution in [0.3, 0.4) is 0 Å². The summed E-state index contributed by atoms with van der Waals surface area (Å²) in [5.74, 6) is 0. The first-order valence-electron chi connectivity index (χ1n) is 12.3. The second-order valence-electron chi connectivity index (χ2n) is 8.90. The molecule has 0 amide bonds. The topological polar surface area (TPSA) is 3.24 Å². The highest BCUT2D eigenvalue weighted by molar-refractivity contribution is 8.29. The van der Waals surface area contributed by atoms with Crippen LogP contribution in [0.2, 0.25) is 0 Å². The molecule has 0 heterocycles. The summed E-state index contributed by atoms with van der Waals surface area (Å²) in [5.41, 5.74) is 1.21. The van der Waals surface area contributed by atoms with E-state index in [0.717, 1.165) is 21.2 Å². The van der Waals surface area contributed by atoms with Crippen LogP contribution >= 0.6 is 12.4 Å². The molecule has 5 aromatic carbocycles. The number of rotatable bonds is 8. The van der Waals surface area contributed by atoms with E-state index in [1.165, 1.54) is 5.56 Å². The molecule has 1 atom stereocenters. The van der Waals surface area contributed by atoms with E-state index in [4.69, 9.17) is 23.6 Å². The zero-order valence-corrected chi connectivity index (χ0v) is 24.1. The third kappa shape index (κ3) is 4.96. The van der Waals surface area contributed by atoms with Gasteiger partial charge in [-0.15, -0.1) is 0 Å². The second-order valence-corrected chi connectivity index (χ2v) is 17.6. The van der Waals surface area contributed by atoms with Gasteiger partial charge in [0.1, 0.15) is 0 Å². The van der Waals surface area contributed by atoms with Crippen molar-refractivity contribution >= 4 is 57.2 Å². The maximum Gasteiger partial charge on any atom is 0.0759 e. The van der Waals surface area contributed by atoms with E-state index in [-0.39, 0.29) is 6.04 Å². The summed E-state index contributed by atoms with van der Waals surface area (Å²) in [7, 11) is 0. The summed E-state index contributed by atoms with van der Waals surface area (Å²) in [6.07, 6.45) is -5.19. The summed E-state index contributed by atoms with van der Waals surface area (Å²) < 4.78 is 2.58. The molecule has 0 aliphatic heterocycles. The predicted octanol–water partition coefficient (Wildman–Crippen LogP) is 7.14. The third-order valence-corrected chi connectivity index (χ3v) is 18.4. The largest absolute Gasteiger partial charge is 0.224 e. The quantitative estimate of drug-likeness (QED) is 0.188. The molecule has 0 spiro atoms. The van der Waals surface area contributed by atoms with Crippen molar-refractivity contribution in [2.75, 3.05) is 0 Å².